The maximum absolute atomic E-state index is 12.3. The highest BCUT2D eigenvalue weighted by Gasteiger charge is 2.23. The van der Waals surface area contributed by atoms with Gasteiger partial charge in [-0.15, -0.1) is 0 Å². The van der Waals surface area contributed by atoms with Gasteiger partial charge < -0.3 is 10.8 Å². The molecule has 0 atom stereocenters. The number of halogens is 1. The second kappa shape index (κ2) is 6.38. The molecule has 7 heteroatoms. The van der Waals surface area contributed by atoms with E-state index in [1.54, 1.807) is 18.2 Å². The summed E-state index contributed by atoms with van der Waals surface area (Å²) >= 11 is 6.20. The summed E-state index contributed by atoms with van der Waals surface area (Å²) < 4.78 is 0. The lowest BCUT2D eigenvalue weighted by molar-refractivity contribution is 0.0974. The van der Waals surface area contributed by atoms with Gasteiger partial charge in [-0.25, -0.2) is 0 Å². The van der Waals surface area contributed by atoms with E-state index in [0.29, 0.717) is 10.6 Å². The molecule has 2 aromatic rings. The van der Waals surface area contributed by atoms with E-state index in [1.165, 1.54) is 12.1 Å². The zero-order chi connectivity index (χ0) is 17.1. The molecule has 2 rings (SSSR count). The fourth-order valence-corrected chi connectivity index (χ4v) is 2.42. The molecule has 0 spiro atoms. The van der Waals surface area contributed by atoms with Gasteiger partial charge in [-0.3, -0.25) is 15.5 Å². The highest BCUT2D eigenvalue weighted by atomic mass is 35.5. The van der Waals surface area contributed by atoms with E-state index >= 15 is 0 Å². The van der Waals surface area contributed by atoms with Crippen molar-refractivity contribution in [2.45, 2.75) is 6.92 Å². The Balaban J connectivity index is 2.82. The van der Waals surface area contributed by atoms with E-state index < -0.39 is 11.9 Å². The number of rotatable bonds is 2. The SMILES string of the molecule is Cc1ccc(Cl)c(-c2c(C#N)ccc(O)c2C(=O)NC(=N)N)c1. The number of aromatic hydroxyl groups is 1. The van der Waals surface area contributed by atoms with Crippen LogP contribution in [0.3, 0.4) is 0 Å². The molecule has 0 bridgehead atoms. The Kier molecular flexibility index (Phi) is 4.53. The third-order valence-corrected chi connectivity index (χ3v) is 3.50. The molecule has 2 aromatic carbocycles. The second-order valence-corrected chi connectivity index (χ2v) is 5.25. The lowest BCUT2D eigenvalue weighted by atomic mass is 9.92. The van der Waals surface area contributed by atoms with E-state index in [-0.39, 0.29) is 22.4 Å². The third kappa shape index (κ3) is 3.25. The molecule has 0 saturated heterocycles. The van der Waals surface area contributed by atoms with Crippen LogP contribution >= 0.6 is 11.6 Å². The lowest BCUT2D eigenvalue weighted by Gasteiger charge is -2.15. The Hall–Kier alpha value is -3.04. The number of nitrogens with two attached hydrogens (primary N) is 1. The minimum Gasteiger partial charge on any atom is -0.507 e. The van der Waals surface area contributed by atoms with Crippen molar-refractivity contribution in [3.8, 4) is 22.9 Å². The first-order valence-corrected chi connectivity index (χ1v) is 6.91. The van der Waals surface area contributed by atoms with Crippen LogP contribution in [-0.2, 0) is 0 Å². The molecule has 0 saturated carbocycles. The fourth-order valence-electron chi connectivity index (χ4n) is 2.21. The quantitative estimate of drug-likeness (QED) is 0.499. The van der Waals surface area contributed by atoms with Crippen LogP contribution in [0.15, 0.2) is 30.3 Å². The Morgan fingerprint density at radius 2 is 2.09 bits per heavy atom. The first-order valence-electron chi connectivity index (χ1n) is 6.53. The lowest BCUT2D eigenvalue weighted by Crippen LogP contribution is -2.36. The number of carbonyl (C=O) groups excluding carboxylic acids is 1. The first-order chi connectivity index (χ1) is 10.8. The van der Waals surface area contributed by atoms with Crippen molar-refractivity contribution in [3.63, 3.8) is 0 Å². The second-order valence-electron chi connectivity index (χ2n) is 4.85. The van der Waals surface area contributed by atoms with Crippen molar-refractivity contribution in [2.75, 3.05) is 0 Å². The number of phenolic OH excluding ortho intramolecular Hbond substituents is 1. The smallest absolute Gasteiger partial charge is 0.262 e. The average Bonchev–Trinajstić information content (AvgIpc) is 2.48. The van der Waals surface area contributed by atoms with Crippen LogP contribution < -0.4 is 11.1 Å². The third-order valence-electron chi connectivity index (χ3n) is 3.17. The van der Waals surface area contributed by atoms with Gasteiger partial charge in [0.15, 0.2) is 5.96 Å². The number of phenols is 1. The van der Waals surface area contributed by atoms with Crippen LogP contribution in [0.1, 0.15) is 21.5 Å². The molecular formula is C16H13ClN4O2. The summed E-state index contributed by atoms with van der Waals surface area (Å²) in [4.78, 5) is 12.3. The molecule has 1 amide bonds. The maximum atomic E-state index is 12.3. The maximum Gasteiger partial charge on any atom is 0.262 e. The minimum absolute atomic E-state index is 0.160. The molecular weight excluding hydrogens is 316 g/mol. The number of benzene rings is 2. The largest absolute Gasteiger partial charge is 0.507 e. The molecule has 5 N–H and O–H groups in total. The topological polar surface area (TPSA) is 123 Å². The van der Waals surface area contributed by atoms with E-state index in [0.717, 1.165) is 5.56 Å². The standard InChI is InChI=1S/C16H13ClN4O2/c1-8-2-4-11(17)10(6-8)13-9(7-18)3-5-12(22)14(13)15(23)21-16(19)20/h2-6,22H,1H3,(H4,19,20,21,23). The zero-order valence-corrected chi connectivity index (χ0v) is 12.9. The molecule has 23 heavy (non-hydrogen) atoms. The van der Waals surface area contributed by atoms with Gasteiger partial charge in [0, 0.05) is 16.1 Å². The molecule has 0 heterocycles. The predicted molar refractivity (Wildman–Crippen MR) is 87.4 cm³/mol. The fraction of sp³-hybridized carbons (Fsp3) is 0.0625. The molecule has 0 unspecified atom stereocenters. The number of carbonyl (C=O) groups is 1. The van der Waals surface area contributed by atoms with Crippen LogP contribution in [-0.4, -0.2) is 17.0 Å². The Labute approximate surface area is 137 Å². The molecule has 0 fully saturated rings. The number of hydrogen-bond donors (Lipinski definition) is 4. The molecule has 116 valence electrons. The van der Waals surface area contributed by atoms with Crippen molar-refractivity contribution in [2.24, 2.45) is 5.73 Å². The highest BCUT2D eigenvalue weighted by molar-refractivity contribution is 6.33. The van der Waals surface area contributed by atoms with Gasteiger partial charge >= 0.3 is 0 Å². The van der Waals surface area contributed by atoms with Gasteiger partial charge in [0.1, 0.15) is 5.75 Å². The normalized spacial score (nSPS) is 9.96. The monoisotopic (exact) mass is 328 g/mol. The van der Waals surface area contributed by atoms with Gasteiger partial charge in [-0.2, -0.15) is 5.26 Å². The van der Waals surface area contributed by atoms with E-state index in [2.05, 4.69) is 5.32 Å². The summed E-state index contributed by atoms with van der Waals surface area (Å²) in [6.07, 6.45) is 0. The van der Waals surface area contributed by atoms with Gasteiger partial charge in [-0.05, 0) is 31.2 Å². The minimum atomic E-state index is -0.792. The number of nitriles is 1. The van der Waals surface area contributed by atoms with Gasteiger partial charge in [0.2, 0.25) is 0 Å². The Bertz CT molecular complexity index is 856. The molecule has 0 radical (unpaired) electrons. The van der Waals surface area contributed by atoms with E-state index in [4.69, 9.17) is 22.7 Å². The van der Waals surface area contributed by atoms with Crippen molar-refractivity contribution in [1.82, 2.24) is 5.32 Å². The van der Waals surface area contributed by atoms with Gasteiger partial charge in [-0.1, -0.05) is 23.2 Å². The van der Waals surface area contributed by atoms with Crippen molar-refractivity contribution in [1.29, 1.82) is 10.7 Å². The number of nitrogens with one attached hydrogen (secondary N) is 2. The summed E-state index contributed by atoms with van der Waals surface area (Å²) in [7, 11) is 0. The van der Waals surface area contributed by atoms with Crippen LogP contribution in [0, 0.1) is 23.7 Å². The van der Waals surface area contributed by atoms with E-state index in [9.17, 15) is 15.2 Å². The molecule has 0 aliphatic rings. The Morgan fingerprint density at radius 3 is 2.70 bits per heavy atom. The number of aryl methyl sites for hydroxylation is 1. The molecule has 0 aliphatic heterocycles. The van der Waals surface area contributed by atoms with Gasteiger partial charge in [0.05, 0.1) is 17.2 Å². The molecule has 0 aromatic heterocycles. The van der Waals surface area contributed by atoms with Crippen LogP contribution in [0.2, 0.25) is 5.02 Å². The van der Waals surface area contributed by atoms with Crippen molar-refractivity contribution in [3.05, 3.63) is 52.0 Å². The number of nitrogens with zero attached hydrogens (tertiary/aromatic N) is 1. The average molecular weight is 329 g/mol. The number of hydrogen-bond acceptors (Lipinski definition) is 4. The summed E-state index contributed by atoms with van der Waals surface area (Å²) in [5.41, 5.74) is 6.68. The van der Waals surface area contributed by atoms with Crippen molar-refractivity contribution < 1.29 is 9.90 Å². The van der Waals surface area contributed by atoms with Crippen LogP contribution in [0.5, 0.6) is 5.75 Å². The van der Waals surface area contributed by atoms with Crippen LogP contribution in [0.4, 0.5) is 0 Å². The first kappa shape index (κ1) is 16.3. The van der Waals surface area contributed by atoms with Gasteiger partial charge in [0.25, 0.3) is 5.91 Å². The summed E-state index contributed by atoms with van der Waals surface area (Å²) in [6, 6.07) is 9.76. The van der Waals surface area contributed by atoms with Crippen molar-refractivity contribution >= 4 is 23.5 Å². The zero-order valence-electron chi connectivity index (χ0n) is 12.1. The molecule has 0 aliphatic carbocycles. The number of amides is 1. The summed E-state index contributed by atoms with van der Waals surface area (Å²) in [6.45, 7) is 1.84. The summed E-state index contributed by atoms with van der Waals surface area (Å²) in [5.74, 6) is -1.70. The van der Waals surface area contributed by atoms with Crippen LogP contribution in [0.25, 0.3) is 11.1 Å². The highest BCUT2D eigenvalue weighted by Crippen LogP contribution is 2.37. The number of guanidine groups is 1. The molecule has 6 nitrogen and oxygen atoms in total. The predicted octanol–water partition coefficient (Wildman–Crippen LogP) is 2.52. The summed E-state index contributed by atoms with van der Waals surface area (Å²) in [5, 5.41) is 29.0. The van der Waals surface area contributed by atoms with E-state index in [1.807, 2.05) is 13.0 Å². The Morgan fingerprint density at radius 1 is 1.39 bits per heavy atom.